The average molecular weight is 264 g/mol. The predicted molar refractivity (Wildman–Crippen MR) is 70.6 cm³/mol. The van der Waals surface area contributed by atoms with Crippen LogP contribution >= 0.6 is 0 Å². The minimum Gasteiger partial charge on any atom is -0.352 e. The summed E-state index contributed by atoms with van der Waals surface area (Å²) in [7, 11) is 0. The third-order valence-corrected chi connectivity index (χ3v) is 3.38. The number of nitrogen functional groups attached to an aromatic ring is 1. The van der Waals surface area contributed by atoms with E-state index in [1.165, 1.54) is 24.6 Å². The van der Waals surface area contributed by atoms with Crippen molar-refractivity contribution in [2.45, 2.75) is 19.3 Å². The number of nitrogens with zero attached hydrogens (tertiary/aromatic N) is 1. The molecule has 102 valence electrons. The third kappa shape index (κ3) is 3.00. The number of nitrogens with one attached hydrogen (secondary N) is 2. The highest BCUT2D eigenvalue weighted by atomic mass is 16.6. The minimum atomic E-state index is -0.571. The van der Waals surface area contributed by atoms with Gasteiger partial charge < -0.3 is 10.7 Å². The molecule has 0 saturated heterocycles. The molecule has 0 atom stereocenters. The van der Waals surface area contributed by atoms with Gasteiger partial charge in [-0.3, -0.25) is 20.8 Å². The average Bonchev–Trinajstić information content (AvgIpc) is 2.35. The Bertz CT molecular complexity index is 500. The zero-order valence-electron chi connectivity index (χ0n) is 10.4. The van der Waals surface area contributed by atoms with E-state index in [0.717, 1.165) is 12.8 Å². The van der Waals surface area contributed by atoms with Crippen LogP contribution in [0.25, 0.3) is 0 Å². The molecular weight excluding hydrogens is 248 g/mol. The van der Waals surface area contributed by atoms with Gasteiger partial charge in [-0.15, -0.1) is 0 Å². The molecule has 1 aliphatic rings. The van der Waals surface area contributed by atoms with Gasteiger partial charge in [-0.1, -0.05) is 6.42 Å². The molecule has 19 heavy (non-hydrogen) atoms. The quantitative estimate of drug-likeness (QED) is 0.423. The number of rotatable bonds is 5. The molecular formula is C12H16N4O3. The van der Waals surface area contributed by atoms with Gasteiger partial charge in [-0.05, 0) is 30.9 Å². The van der Waals surface area contributed by atoms with Crippen LogP contribution in [0.2, 0.25) is 0 Å². The zero-order valence-corrected chi connectivity index (χ0v) is 10.4. The lowest BCUT2D eigenvalue weighted by Gasteiger charge is -2.25. The molecule has 0 bridgehead atoms. The number of nitro groups is 1. The molecule has 1 amide bonds. The first kappa shape index (κ1) is 13.3. The molecule has 7 nitrogen and oxygen atoms in total. The summed E-state index contributed by atoms with van der Waals surface area (Å²) in [4.78, 5) is 22.3. The van der Waals surface area contributed by atoms with Crippen molar-refractivity contribution in [3.8, 4) is 0 Å². The van der Waals surface area contributed by atoms with Gasteiger partial charge in [0.25, 0.3) is 11.6 Å². The SMILES string of the molecule is NNc1ccc([N+](=O)[O-])c(C(=O)NCC2CCC2)c1. The number of carbonyl (C=O) groups is 1. The number of anilines is 1. The van der Waals surface area contributed by atoms with Crippen molar-refractivity contribution in [3.63, 3.8) is 0 Å². The summed E-state index contributed by atoms with van der Waals surface area (Å²) in [5, 5.41) is 13.6. The summed E-state index contributed by atoms with van der Waals surface area (Å²) in [6.45, 7) is 0.566. The van der Waals surface area contributed by atoms with Crippen molar-refractivity contribution in [2.24, 2.45) is 11.8 Å². The van der Waals surface area contributed by atoms with Gasteiger partial charge in [0.15, 0.2) is 0 Å². The van der Waals surface area contributed by atoms with Gasteiger partial charge in [0.2, 0.25) is 0 Å². The number of hydrazine groups is 1. The van der Waals surface area contributed by atoms with E-state index in [4.69, 9.17) is 5.84 Å². The molecule has 1 aromatic rings. The maximum atomic E-state index is 12.0. The second-order valence-corrected chi connectivity index (χ2v) is 4.64. The Balaban J connectivity index is 2.14. The van der Waals surface area contributed by atoms with Crippen molar-refractivity contribution < 1.29 is 9.72 Å². The van der Waals surface area contributed by atoms with Crippen molar-refractivity contribution >= 4 is 17.3 Å². The van der Waals surface area contributed by atoms with Crippen LogP contribution in [0.15, 0.2) is 18.2 Å². The molecule has 2 rings (SSSR count). The van der Waals surface area contributed by atoms with Gasteiger partial charge in [-0.2, -0.15) is 0 Å². The van der Waals surface area contributed by atoms with Crippen molar-refractivity contribution in [1.29, 1.82) is 0 Å². The lowest BCUT2D eigenvalue weighted by molar-refractivity contribution is -0.385. The summed E-state index contributed by atoms with van der Waals surface area (Å²) in [5.74, 6) is 5.31. The maximum Gasteiger partial charge on any atom is 0.282 e. The van der Waals surface area contributed by atoms with E-state index in [1.807, 2.05) is 0 Å². The molecule has 0 radical (unpaired) electrons. The maximum absolute atomic E-state index is 12.0. The van der Waals surface area contributed by atoms with Crippen LogP contribution < -0.4 is 16.6 Å². The van der Waals surface area contributed by atoms with Crippen LogP contribution in [0.5, 0.6) is 0 Å². The highest BCUT2D eigenvalue weighted by molar-refractivity contribution is 5.99. The third-order valence-electron chi connectivity index (χ3n) is 3.38. The van der Waals surface area contributed by atoms with E-state index in [-0.39, 0.29) is 11.3 Å². The summed E-state index contributed by atoms with van der Waals surface area (Å²) in [6, 6.07) is 4.11. The topological polar surface area (TPSA) is 110 Å². The smallest absolute Gasteiger partial charge is 0.282 e. The normalized spacial score (nSPS) is 14.6. The van der Waals surface area contributed by atoms with Crippen LogP contribution in [0.1, 0.15) is 29.6 Å². The Morgan fingerprint density at radius 2 is 2.21 bits per heavy atom. The monoisotopic (exact) mass is 264 g/mol. The Morgan fingerprint density at radius 3 is 2.74 bits per heavy atom. The fraction of sp³-hybridized carbons (Fsp3) is 0.417. The molecule has 0 spiro atoms. The van der Waals surface area contributed by atoms with Gasteiger partial charge in [0.05, 0.1) is 4.92 Å². The summed E-state index contributed by atoms with van der Waals surface area (Å²) in [6.07, 6.45) is 3.40. The first-order valence-electron chi connectivity index (χ1n) is 6.15. The fourth-order valence-electron chi connectivity index (χ4n) is 2.00. The molecule has 1 aliphatic carbocycles. The van der Waals surface area contributed by atoms with Gasteiger partial charge in [0, 0.05) is 18.3 Å². The zero-order chi connectivity index (χ0) is 13.8. The number of amides is 1. The molecule has 0 heterocycles. The van der Waals surface area contributed by atoms with E-state index in [0.29, 0.717) is 18.2 Å². The van der Waals surface area contributed by atoms with E-state index in [2.05, 4.69) is 10.7 Å². The van der Waals surface area contributed by atoms with E-state index in [1.54, 1.807) is 0 Å². The molecule has 0 unspecified atom stereocenters. The number of nitrogens with two attached hydrogens (primary N) is 1. The number of nitro benzene ring substituents is 1. The van der Waals surface area contributed by atoms with E-state index < -0.39 is 10.8 Å². The fourth-order valence-corrected chi connectivity index (χ4v) is 2.00. The second kappa shape index (κ2) is 5.66. The van der Waals surface area contributed by atoms with Crippen LogP contribution in [0, 0.1) is 16.0 Å². The number of benzene rings is 1. The first-order valence-corrected chi connectivity index (χ1v) is 6.15. The summed E-state index contributed by atoms with van der Waals surface area (Å²) >= 11 is 0. The van der Waals surface area contributed by atoms with Gasteiger partial charge in [-0.25, -0.2) is 0 Å². The lowest BCUT2D eigenvalue weighted by Crippen LogP contribution is -2.32. The molecule has 0 aromatic heterocycles. The first-order chi connectivity index (χ1) is 9.11. The van der Waals surface area contributed by atoms with Gasteiger partial charge >= 0.3 is 0 Å². The van der Waals surface area contributed by atoms with Gasteiger partial charge in [0.1, 0.15) is 5.56 Å². The molecule has 1 saturated carbocycles. The van der Waals surface area contributed by atoms with Crippen LogP contribution in [0.4, 0.5) is 11.4 Å². The van der Waals surface area contributed by atoms with E-state index >= 15 is 0 Å². The Hall–Kier alpha value is -2.15. The summed E-state index contributed by atoms with van der Waals surface area (Å²) in [5.41, 5.74) is 2.64. The van der Waals surface area contributed by atoms with E-state index in [9.17, 15) is 14.9 Å². The van der Waals surface area contributed by atoms with Crippen molar-refractivity contribution in [2.75, 3.05) is 12.0 Å². The molecule has 0 aliphatic heterocycles. The van der Waals surface area contributed by atoms with Crippen LogP contribution in [-0.2, 0) is 0 Å². The lowest BCUT2D eigenvalue weighted by atomic mass is 9.85. The highest BCUT2D eigenvalue weighted by Gasteiger charge is 2.23. The Labute approximate surface area is 110 Å². The van der Waals surface area contributed by atoms with Crippen LogP contribution in [-0.4, -0.2) is 17.4 Å². The molecule has 1 aromatic carbocycles. The number of hydrogen-bond donors (Lipinski definition) is 3. The van der Waals surface area contributed by atoms with Crippen molar-refractivity contribution in [1.82, 2.24) is 5.32 Å². The molecule has 7 heteroatoms. The Kier molecular flexibility index (Phi) is 3.96. The van der Waals surface area contributed by atoms with Crippen molar-refractivity contribution in [3.05, 3.63) is 33.9 Å². The largest absolute Gasteiger partial charge is 0.352 e. The Morgan fingerprint density at radius 1 is 1.47 bits per heavy atom. The summed E-state index contributed by atoms with van der Waals surface area (Å²) < 4.78 is 0. The standard InChI is InChI=1S/C12H16N4O3/c13-15-9-4-5-11(16(18)19)10(6-9)12(17)14-7-8-2-1-3-8/h4-6,8,15H,1-3,7,13H2,(H,14,17). The van der Waals surface area contributed by atoms with Crippen LogP contribution in [0.3, 0.4) is 0 Å². The predicted octanol–water partition coefficient (Wildman–Crippen LogP) is 1.41. The highest BCUT2D eigenvalue weighted by Crippen LogP contribution is 2.26. The number of carbonyl (C=O) groups excluding carboxylic acids is 1. The molecule has 1 fully saturated rings. The second-order valence-electron chi connectivity index (χ2n) is 4.64. The molecule has 4 N–H and O–H groups in total. The number of hydrogen-bond acceptors (Lipinski definition) is 5. The minimum absolute atomic E-state index is 0.0276.